The summed E-state index contributed by atoms with van der Waals surface area (Å²) in [6.45, 7) is 6.38. The molecular weight excluding hydrogens is 216 g/mol. The minimum atomic E-state index is 0.136. The lowest BCUT2D eigenvalue weighted by Crippen LogP contribution is -2.57. The monoisotopic (exact) mass is 238 g/mol. The molecule has 1 aliphatic rings. The zero-order chi connectivity index (χ0) is 11.6. The smallest absolute Gasteiger partial charge is 0.0358 e. The standard InChI is InChI=1S/C13H22N2S/c1-12(2)6-4-7-13(12,10-14)15-9-11-5-3-8-16-11/h3,5,8,15H,4,6-7,9-10,14H2,1-2H3. The van der Waals surface area contributed by atoms with Gasteiger partial charge in [-0.25, -0.2) is 0 Å². The number of thiophene rings is 1. The molecule has 0 bridgehead atoms. The molecule has 0 aromatic carbocycles. The van der Waals surface area contributed by atoms with Crippen molar-refractivity contribution in [3.63, 3.8) is 0 Å². The van der Waals surface area contributed by atoms with E-state index in [2.05, 4.69) is 36.7 Å². The average Bonchev–Trinajstić information content (AvgIpc) is 2.83. The van der Waals surface area contributed by atoms with Gasteiger partial charge in [-0.05, 0) is 29.7 Å². The lowest BCUT2D eigenvalue weighted by Gasteiger charge is -2.41. The van der Waals surface area contributed by atoms with Crippen molar-refractivity contribution in [2.75, 3.05) is 6.54 Å². The molecule has 2 nitrogen and oxygen atoms in total. The number of nitrogens with one attached hydrogen (secondary N) is 1. The van der Waals surface area contributed by atoms with E-state index in [1.165, 1.54) is 24.1 Å². The minimum absolute atomic E-state index is 0.136. The maximum atomic E-state index is 6.02. The molecule has 1 saturated carbocycles. The molecule has 1 aliphatic carbocycles. The Morgan fingerprint density at radius 3 is 2.75 bits per heavy atom. The molecule has 90 valence electrons. The molecule has 1 aromatic heterocycles. The molecule has 0 radical (unpaired) electrons. The van der Waals surface area contributed by atoms with Crippen LogP contribution >= 0.6 is 11.3 Å². The van der Waals surface area contributed by atoms with Crippen LogP contribution < -0.4 is 11.1 Å². The van der Waals surface area contributed by atoms with Crippen LogP contribution in [0.4, 0.5) is 0 Å². The summed E-state index contributed by atoms with van der Waals surface area (Å²) in [4.78, 5) is 1.40. The molecule has 1 aromatic rings. The second-order valence-corrected chi connectivity index (χ2v) is 6.49. The summed E-state index contributed by atoms with van der Waals surface area (Å²) in [5.74, 6) is 0. The SMILES string of the molecule is CC1(C)CCCC1(CN)NCc1cccs1. The van der Waals surface area contributed by atoms with Crippen LogP contribution in [0.25, 0.3) is 0 Å². The maximum absolute atomic E-state index is 6.02. The van der Waals surface area contributed by atoms with E-state index in [1.807, 2.05) is 11.3 Å². The van der Waals surface area contributed by atoms with Crippen molar-refractivity contribution < 1.29 is 0 Å². The minimum Gasteiger partial charge on any atom is -0.329 e. The van der Waals surface area contributed by atoms with E-state index in [0.717, 1.165) is 13.1 Å². The predicted molar refractivity (Wildman–Crippen MR) is 70.6 cm³/mol. The first kappa shape index (κ1) is 12.1. The highest BCUT2D eigenvalue weighted by Gasteiger charge is 2.47. The number of nitrogens with two attached hydrogens (primary N) is 1. The van der Waals surface area contributed by atoms with Crippen molar-refractivity contribution in [2.24, 2.45) is 11.1 Å². The normalized spacial score (nSPS) is 28.4. The fourth-order valence-corrected chi connectivity index (χ4v) is 3.50. The van der Waals surface area contributed by atoms with Gasteiger partial charge in [-0.2, -0.15) is 0 Å². The van der Waals surface area contributed by atoms with Crippen molar-refractivity contribution in [2.45, 2.75) is 45.2 Å². The topological polar surface area (TPSA) is 38.0 Å². The van der Waals surface area contributed by atoms with E-state index >= 15 is 0 Å². The third-order valence-corrected chi connectivity index (χ3v) is 5.11. The van der Waals surface area contributed by atoms with Gasteiger partial charge in [-0.15, -0.1) is 11.3 Å². The second-order valence-electron chi connectivity index (χ2n) is 5.46. The van der Waals surface area contributed by atoms with Crippen LogP contribution in [0.1, 0.15) is 38.0 Å². The average molecular weight is 238 g/mol. The molecule has 1 fully saturated rings. The molecule has 0 aliphatic heterocycles. The van der Waals surface area contributed by atoms with Crippen LogP contribution in [0, 0.1) is 5.41 Å². The Labute approximate surface area is 102 Å². The van der Waals surface area contributed by atoms with Gasteiger partial charge in [-0.1, -0.05) is 26.3 Å². The van der Waals surface area contributed by atoms with Crippen LogP contribution in [0.15, 0.2) is 17.5 Å². The zero-order valence-corrected chi connectivity index (χ0v) is 11.1. The molecule has 2 rings (SSSR count). The Bertz CT molecular complexity index is 332. The van der Waals surface area contributed by atoms with Gasteiger partial charge in [0.15, 0.2) is 0 Å². The Kier molecular flexibility index (Phi) is 3.38. The molecule has 0 saturated heterocycles. The summed E-state index contributed by atoms with van der Waals surface area (Å²) < 4.78 is 0. The zero-order valence-electron chi connectivity index (χ0n) is 10.3. The molecule has 3 N–H and O–H groups in total. The first-order valence-electron chi connectivity index (χ1n) is 6.07. The lowest BCUT2D eigenvalue weighted by atomic mass is 9.75. The third-order valence-electron chi connectivity index (χ3n) is 4.23. The van der Waals surface area contributed by atoms with Crippen LogP contribution in [0.2, 0.25) is 0 Å². The molecule has 3 heteroatoms. The Hall–Kier alpha value is -0.380. The first-order chi connectivity index (χ1) is 7.60. The Morgan fingerprint density at radius 1 is 1.44 bits per heavy atom. The quantitative estimate of drug-likeness (QED) is 0.846. The number of hydrogen-bond acceptors (Lipinski definition) is 3. The van der Waals surface area contributed by atoms with E-state index in [9.17, 15) is 0 Å². The van der Waals surface area contributed by atoms with Gasteiger partial charge in [0.25, 0.3) is 0 Å². The lowest BCUT2D eigenvalue weighted by molar-refractivity contribution is 0.162. The largest absolute Gasteiger partial charge is 0.329 e. The second kappa shape index (κ2) is 4.47. The summed E-state index contributed by atoms with van der Waals surface area (Å²) >= 11 is 1.81. The van der Waals surface area contributed by atoms with Crippen LogP contribution in [0.3, 0.4) is 0 Å². The van der Waals surface area contributed by atoms with Crippen molar-refractivity contribution in [3.05, 3.63) is 22.4 Å². The van der Waals surface area contributed by atoms with Gasteiger partial charge >= 0.3 is 0 Å². The fourth-order valence-electron chi connectivity index (χ4n) is 2.86. The molecule has 1 heterocycles. The highest BCUT2D eigenvalue weighted by molar-refractivity contribution is 7.09. The highest BCUT2D eigenvalue weighted by atomic mass is 32.1. The Morgan fingerprint density at radius 2 is 2.25 bits per heavy atom. The highest BCUT2D eigenvalue weighted by Crippen LogP contribution is 2.45. The summed E-state index contributed by atoms with van der Waals surface area (Å²) in [7, 11) is 0. The first-order valence-corrected chi connectivity index (χ1v) is 6.95. The van der Waals surface area contributed by atoms with Crippen molar-refractivity contribution in [3.8, 4) is 0 Å². The Balaban J connectivity index is 2.05. The molecule has 1 unspecified atom stereocenters. The summed E-state index contributed by atoms with van der Waals surface area (Å²) in [6, 6.07) is 4.29. The van der Waals surface area contributed by atoms with E-state index in [-0.39, 0.29) is 5.54 Å². The predicted octanol–water partition coefficient (Wildman–Crippen LogP) is 2.75. The van der Waals surface area contributed by atoms with Gasteiger partial charge < -0.3 is 11.1 Å². The van der Waals surface area contributed by atoms with E-state index < -0.39 is 0 Å². The van der Waals surface area contributed by atoms with Gasteiger partial charge in [0.2, 0.25) is 0 Å². The van der Waals surface area contributed by atoms with E-state index in [0.29, 0.717) is 5.41 Å². The summed E-state index contributed by atoms with van der Waals surface area (Å²) in [5, 5.41) is 5.85. The fraction of sp³-hybridized carbons (Fsp3) is 0.692. The maximum Gasteiger partial charge on any atom is 0.0358 e. The number of hydrogen-bond donors (Lipinski definition) is 2. The summed E-state index contributed by atoms with van der Waals surface area (Å²) in [5.41, 5.74) is 6.48. The van der Waals surface area contributed by atoms with E-state index in [1.54, 1.807) is 0 Å². The summed E-state index contributed by atoms with van der Waals surface area (Å²) in [6.07, 6.45) is 3.78. The molecule has 16 heavy (non-hydrogen) atoms. The van der Waals surface area contributed by atoms with Crippen LogP contribution in [0.5, 0.6) is 0 Å². The third kappa shape index (κ3) is 2.04. The van der Waals surface area contributed by atoms with Gasteiger partial charge in [0, 0.05) is 23.5 Å². The van der Waals surface area contributed by atoms with Gasteiger partial charge in [-0.3, -0.25) is 0 Å². The number of rotatable bonds is 4. The van der Waals surface area contributed by atoms with Crippen molar-refractivity contribution in [1.29, 1.82) is 0 Å². The van der Waals surface area contributed by atoms with Crippen molar-refractivity contribution in [1.82, 2.24) is 5.32 Å². The molecule has 0 amide bonds. The van der Waals surface area contributed by atoms with Crippen molar-refractivity contribution >= 4 is 11.3 Å². The van der Waals surface area contributed by atoms with Crippen LogP contribution in [-0.4, -0.2) is 12.1 Å². The van der Waals surface area contributed by atoms with Gasteiger partial charge in [0.05, 0.1) is 0 Å². The van der Waals surface area contributed by atoms with Crippen LogP contribution in [-0.2, 0) is 6.54 Å². The van der Waals surface area contributed by atoms with Gasteiger partial charge in [0.1, 0.15) is 0 Å². The molecule has 0 spiro atoms. The van der Waals surface area contributed by atoms with E-state index in [4.69, 9.17) is 5.73 Å². The molecule has 1 atom stereocenters. The molecular formula is C13H22N2S.